The van der Waals surface area contributed by atoms with Crippen LogP contribution in [-0.2, 0) is 5.41 Å². The monoisotopic (exact) mass is 675 g/mol. The average molecular weight is 676 g/mol. The largest absolute Gasteiger partial charge is 0.208 e. The van der Waals surface area contributed by atoms with Crippen LogP contribution in [0.2, 0.25) is 0 Å². The van der Waals surface area contributed by atoms with E-state index < -0.39 is 5.41 Å². The highest BCUT2D eigenvalue weighted by Crippen LogP contribution is 2.59. The van der Waals surface area contributed by atoms with Gasteiger partial charge in [-0.15, -0.1) is 0 Å². The minimum absolute atomic E-state index is 0.506. The fourth-order valence-electron chi connectivity index (χ4n) is 8.31. The molecular formula is C50H33N3. The third kappa shape index (κ3) is 5.01. The Balaban J connectivity index is 1.26. The van der Waals surface area contributed by atoms with Crippen LogP contribution in [0.3, 0.4) is 0 Å². The second kappa shape index (κ2) is 12.7. The summed E-state index contributed by atoms with van der Waals surface area (Å²) in [5.74, 6) is 1.94. The Hall–Kier alpha value is -6.97. The molecule has 0 amide bonds. The Morgan fingerprint density at radius 2 is 0.792 bits per heavy atom. The van der Waals surface area contributed by atoms with Crippen molar-refractivity contribution in [1.29, 1.82) is 0 Å². The Bertz CT molecular complexity index is 2660. The van der Waals surface area contributed by atoms with E-state index in [0.717, 1.165) is 22.3 Å². The van der Waals surface area contributed by atoms with Crippen molar-refractivity contribution in [3.05, 3.63) is 222 Å². The van der Waals surface area contributed by atoms with Crippen molar-refractivity contribution in [2.24, 2.45) is 0 Å². The van der Waals surface area contributed by atoms with Crippen molar-refractivity contribution in [2.75, 3.05) is 0 Å². The van der Waals surface area contributed by atoms with E-state index in [1.165, 1.54) is 49.7 Å². The van der Waals surface area contributed by atoms with Crippen LogP contribution in [0.5, 0.6) is 0 Å². The second-order valence-electron chi connectivity index (χ2n) is 13.5. The molecule has 0 unspecified atom stereocenters. The van der Waals surface area contributed by atoms with Crippen molar-refractivity contribution in [1.82, 2.24) is 15.0 Å². The van der Waals surface area contributed by atoms with Gasteiger partial charge in [0.15, 0.2) is 17.5 Å². The molecular weight excluding hydrogens is 643 g/mol. The summed E-state index contributed by atoms with van der Waals surface area (Å²) in [6, 6.07) is 71.2. The van der Waals surface area contributed by atoms with Gasteiger partial charge in [0.05, 0.1) is 5.41 Å². The molecule has 1 aromatic heterocycles. The summed E-state index contributed by atoms with van der Waals surface area (Å²) < 4.78 is 0. The fraction of sp³-hybridized carbons (Fsp3) is 0.0200. The minimum atomic E-state index is -0.506. The third-order valence-corrected chi connectivity index (χ3v) is 10.6. The molecule has 3 heteroatoms. The normalized spacial score (nSPS) is 12.7. The summed E-state index contributed by atoms with van der Waals surface area (Å²) in [6.07, 6.45) is 0. The van der Waals surface area contributed by atoms with E-state index in [1.807, 2.05) is 60.7 Å². The van der Waals surface area contributed by atoms with Crippen molar-refractivity contribution in [3.63, 3.8) is 0 Å². The van der Waals surface area contributed by atoms with E-state index in [9.17, 15) is 0 Å². The molecule has 248 valence electrons. The van der Waals surface area contributed by atoms with E-state index in [1.54, 1.807) is 0 Å². The highest BCUT2D eigenvalue weighted by molar-refractivity contribution is 6.09. The molecule has 0 aliphatic heterocycles. The van der Waals surface area contributed by atoms with Gasteiger partial charge in [-0.2, -0.15) is 0 Å². The number of nitrogens with zero attached hydrogens (tertiary/aromatic N) is 3. The molecule has 53 heavy (non-hydrogen) atoms. The van der Waals surface area contributed by atoms with Crippen molar-refractivity contribution in [2.45, 2.75) is 5.41 Å². The van der Waals surface area contributed by atoms with Gasteiger partial charge in [0.2, 0.25) is 0 Å². The lowest BCUT2D eigenvalue weighted by molar-refractivity contribution is 0.769. The zero-order chi connectivity index (χ0) is 35.2. The SMILES string of the molecule is c1ccc(-c2nc(-c3ccccc3)nc(-c3cccc(-c4c5c(cc6ccccc46)C(c4ccccc4)(c4ccccc4)c4ccccc4-5)c3)n2)cc1. The minimum Gasteiger partial charge on any atom is -0.208 e. The molecule has 1 aliphatic carbocycles. The first-order chi connectivity index (χ1) is 26.3. The van der Waals surface area contributed by atoms with Gasteiger partial charge in [-0.25, -0.2) is 15.0 Å². The first-order valence-electron chi connectivity index (χ1n) is 18.0. The van der Waals surface area contributed by atoms with Gasteiger partial charge in [-0.05, 0) is 67.4 Å². The molecule has 9 aromatic rings. The molecule has 10 rings (SSSR count). The Morgan fingerprint density at radius 3 is 1.42 bits per heavy atom. The lowest BCUT2D eigenvalue weighted by Crippen LogP contribution is -2.28. The van der Waals surface area contributed by atoms with Crippen LogP contribution in [-0.4, -0.2) is 15.0 Å². The van der Waals surface area contributed by atoms with E-state index in [-0.39, 0.29) is 0 Å². The molecule has 0 bridgehead atoms. The van der Waals surface area contributed by atoms with Crippen LogP contribution in [0.15, 0.2) is 200 Å². The first-order valence-corrected chi connectivity index (χ1v) is 18.0. The zero-order valence-electron chi connectivity index (χ0n) is 28.9. The summed E-state index contributed by atoms with van der Waals surface area (Å²) in [5.41, 5.74) is 12.2. The number of aromatic nitrogens is 3. The smallest absolute Gasteiger partial charge is 0.164 e. The molecule has 0 saturated carbocycles. The van der Waals surface area contributed by atoms with E-state index in [4.69, 9.17) is 15.0 Å². The van der Waals surface area contributed by atoms with Crippen molar-refractivity contribution < 1.29 is 0 Å². The number of hydrogen-bond acceptors (Lipinski definition) is 3. The molecule has 8 aromatic carbocycles. The molecule has 0 spiro atoms. The summed E-state index contributed by atoms with van der Waals surface area (Å²) in [5, 5.41) is 2.41. The Labute approximate surface area is 309 Å². The number of rotatable bonds is 6. The summed E-state index contributed by atoms with van der Waals surface area (Å²) in [6.45, 7) is 0. The van der Waals surface area contributed by atoms with Gasteiger partial charge in [-0.1, -0.05) is 188 Å². The molecule has 1 heterocycles. The zero-order valence-corrected chi connectivity index (χ0v) is 28.9. The van der Waals surface area contributed by atoms with Crippen LogP contribution in [0.1, 0.15) is 22.3 Å². The first kappa shape index (κ1) is 30.8. The van der Waals surface area contributed by atoms with Crippen LogP contribution < -0.4 is 0 Å². The van der Waals surface area contributed by atoms with Gasteiger partial charge < -0.3 is 0 Å². The molecule has 0 N–H and O–H groups in total. The second-order valence-corrected chi connectivity index (χ2v) is 13.5. The van der Waals surface area contributed by atoms with Crippen molar-refractivity contribution in [3.8, 4) is 56.4 Å². The van der Waals surface area contributed by atoms with Crippen LogP contribution >= 0.6 is 0 Å². The maximum Gasteiger partial charge on any atom is 0.164 e. The predicted molar refractivity (Wildman–Crippen MR) is 216 cm³/mol. The number of benzene rings is 8. The highest BCUT2D eigenvalue weighted by Gasteiger charge is 2.47. The third-order valence-electron chi connectivity index (χ3n) is 10.6. The number of fused-ring (bicyclic) bond motifs is 4. The van der Waals surface area contributed by atoms with E-state index in [2.05, 4.69) is 140 Å². The summed E-state index contributed by atoms with van der Waals surface area (Å²) in [7, 11) is 0. The molecule has 1 aliphatic rings. The molecule has 0 radical (unpaired) electrons. The lowest BCUT2D eigenvalue weighted by Gasteiger charge is -2.34. The van der Waals surface area contributed by atoms with E-state index >= 15 is 0 Å². The quantitative estimate of drug-likeness (QED) is 0.176. The summed E-state index contributed by atoms with van der Waals surface area (Å²) in [4.78, 5) is 15.1. The topological polar surface area (TPSA) is 38.7 Å². The summed E-state index contributed by atoms with van der Waals surface area (Å²) >= 11 is 0. The standard InChI is InChI=1S/C50H33N3/c1-5-18-34(19-6-1)47-51-48(35-20-7-2-8-21-35)53-49(52-47)38-24-17-23-37(32-38)45-41-29-14-13-22-36(41)33-44-46(45)42-30-15-16-31-43(42)50(44,39-25-9-3-10-26-39)40-27-11-4-12-28-40/h1-33H. The number of hydrogen-bond donors (Lipinski definition) is 0. The van der Waals surface area contributed by atoms with Gasteiger partial charge in [0.25, 0.3) is 0 Å². The molecule has 0 atom stereocenters. The Morgan fingerprint density at radius 1 is 0.321 bits per heavy atom. The maximum absolute atomic E-state index is 5.09. The van der Waals surface area contributed by atoms with Crippen LogP contribution in [0.25, 0.3) is 67.2 Å². The van der Waals surface area contributed by atoms with Crippen molar-refractivity contribution >= 4 is 10.8 Å². The van der Waals surface area contributed by atoms with Gasteiger partial charge in [0, 0.05) is 16.7 Å². The average Bonchev–Trinajstić information content (AvgIpc) is 3.54. The highest BCUT2D eigenvalue weighted by atomic mass is 15.0. The fourth-order valence-corrected chi connectivity index (χ4v) is 8.31. The van der Waals surface area contributed by atoms with Crippen LogP contribution in [0, 0.1) is 0 Å². The Kier molecular flexibility index (Phi) is 7.36. The van der Waals surface area contributed by atoms with Gasteiger partial charge in [-0.3, -0.25) is 0 Å². The molecule has 3 nitrogen and oxygen atoms in total. The molecule has 0 saturated heterocycles. The lowest BCUT2D eigenvalue weighted by atomic mass is 9.67. The van der Waals surface area contributed by atoms with Gasteiger partial charge >= 0.3 is 0 Å². The van der Waals surface area contributed by atoms with Gasteiger partial charge in [0.1, 0.15) is 0 Å². The molecule has 0 fully saturated rings. The van der Waals surface area contributed by atoms with E-state index in [0.29, 0.717) is 17.5 Å². The van der Waals surface area contributed by atoms with Crippen LogP contribution in [0.4, 0.5) is 0 Å². The maximum atomic E-state index is 5.09. The predicted octanol–water partition coefficient (Wildman–Crippen LogP) is 12.1.